The Morgan fingerprint density at radius 1 is 1.41 bits per heavy atom. The Kier molecular flexibility index (Phi) is 4.40. The summed E-state index contributed by atoms with van der Waals surface area (Å²) in [6, 6.07) is 0.0942. The maximum atomic E-state index is 11.9. The van der Waals surface area contributed by atoms with Crippen molar-refractivity contribution >= 4 is 5.91 Å². The molecule has 98 valence electrons. The fourth-order valence-electron chi connectivity index (χ4n) is 2.47. The van der Waals surface area contributed by atoms with Crippen molar-refractivity contribution in [1.82, 2.24) is 9.80 Å². The van der Waals surface area contributed by atoms with Crippen LogP contribution in [0.4, 0.5) is 0 Å². The number of carbonyl (C=O) groups excluding carboxylic acids is 1. The summed E-state index contributed by atoms with van der Waals surface area (Å²) in [5, 5.41) is 0. The number of hydrogen-bond donors (Lipinski definition) is 1. The molecule has 0 bridgehead atoms. The maximum absolute atomic E-state index is 11.9. The lowest BCUT2D eigenvalue weighted by Crippen LogP contribution is -2.38. The molecule has 1 saturated carbocycles. The van der Waals surface area contributed by atoms with Gasteiger partial charge in [0.1, 0.15) is 0 Å². The SMILES string of the molecule is CN(CCN1CCCC1)C(=O)CC(N)C1CC1. The summed E-state index contributed by atoms with van der Waals surface area (Å²) in [6.07, 6.45) is 5.58. The summed E-state index contributed by atoms with van der Waals surface area (Å²) in [6.45, 7) is 4.25. The Labute approximate surface area is 104 Å². The van der Waals surface area contributed by atoms with Gasteiger partial charge in [-0.25, -0.2) is 0 Å². The lowest BCUT2D eigenvalue weighted by atomic mass is 10.1. The molecule has 2 aliphatic rings. The Bertz CT molecular complexity index is 259. The standard InChI is InChI=1S/C13H25N3O/c1-15(8-9-16-6-2-3-7-16)13(17)10-12(14)11-4-5-11/h11-12H,2-10,14H2,1H3. The highest BCUT2D eigenvalue weighted by Crippen LogP contribution is 2.32. The predicted octanol–water partition coefficient (Wildman–Crippen LogP) is 0.668. The number of nitrogens with zero attached hydrogens (tertiary/aromatic N) is 2. The van der Waals surface area contributed by atoms with E-state index in [1.54, 1.807) is 0 Å². The van der Waals surface area contributed by atoms with E-state index in [1.807, 2.05) is 11.9 Å². The molecule has 17 heavy (non-hydrogen) atoms. The van der Waals surface area contributed by atoms with Gasteiger partial charge in [-0.3, -0.25) is 4.79 Å². The average molecular weight is 239 g/mol. The van der Waals surface area contributed by atoms with Crippen molar-refractivity contribution in [2.24, 2.45) is 11.7 Å². The number of carbonyl (C=O) groups is 1. The molecule has 4 heteroatoms. The minimum atomic E-state index is 0.0942. The molecule has 1 saturated heterocycles. The molecule has 0 radical (unpaired) electrons. The average Bonchev–Trinajstić information content (AvgIpc) is 3.04. The van der Waals surface area contributed by atoms with Gasteiger partial charge in [-0.05, 0) is 44.7 Å². The minimum Gasteiger partial charge on any atom is -0.344 e. The lowest BCUT2D eigenvalue weighted by Gasteiger charge is -2.22. The van der Waals surface area contributed by atoms with Gasteiger partial charge in [-0.15, -0.1) is 0 Å². The molecule has 2 fully saturated rings. The molecule has 1 atom stereocenters. The van der Waals surface area contributed by atoms with Gasteiger partial charge in [0.05, 0.1) is 0 Å². The fourth-order valence-corrected chi connectivity index (χ4v) is 2.47. The van der Waals surface area contributed by atoms with Crippen LogP contribution in [0.5, 0.6) is 0 Å². The molecule has 0 aromatic carbocycles. The van der Waals surface area contributed by atoms with E-state index in [0.717, 1.165) is 13.1 Å². The molecule has 2 rings (SSSR count). The van der Waals surface area contributed by atoms with Crippen molar-refractivity contribution in [2.75, 3.05) is 33.2 Å². The molecule has 1 heterocycles. The number of nitrogens with two attached hydrogens (primary N) is 1. The molecule has 2 N–H and O–H groups in total. The molecule has 1 unspecified atom stereocenters. The van der Waals surface area contributed by atoms with Gasteiger partial charge in [0.15, 0.2) is 0 Å². The van der Waals surface area contributed by atoms with Crippen LogP contribution in [0.15, 0.2) is 0 Å². The second kappa shape index (κ2) is 5.83. The zero-order valence-corrected chi connectivity index (χ0v) is 10.9. The largest absolute Gasteiger partial charge is 0.344 e. The third-order valence-electron chi connectivity index (χ3n) is 4.01. The van der Waals surface area contributed by atoms with Crippen LogP contribution in [-0.2, 0) is 4.79 Å². The fraction of sp³-hybridized carbons (Fsp3) is 0.923. The maximum Gasteiger partial charge on any atom is 0.223 e. The number of hydrogen-bond acceptors (Lipinski definition) is 3. The van der Waals surface area contributed by atoms with Crippen LogP contribution in [0.25, 0.3) is 0 Å². The third kappa shape index (κ3) is 3.96. The van der Waals surface area contributed by atoms with E-state index >= 15 is 0 Å². The summed E-state index contributed by atoms with van der Waals surface area (Å²) in [7, 11) is 1.90. The Morgan fingerprint density at radius 2 is 2.06 bits per heavy atom. The van der Waals surface area contributed by atoms with E-state index in [2.05, 4.69) is 4.90 Å². The molecule has 0 aromatic rings. The topological polar surface area (TPSA) is 49.6 Å². The normalized spacial score (nSPS) is 22.7. The van der Waals surface area contributed by atoms with Crippen molar-refractivity contribution in [3.63, 3.8) is 0 Å². The number of rotatable bonds is 6. The Hall–Kier alpha value is -0.610. The molecule has 1 aliphatic carbocycles. The summed E-state index contributed by atoms with van der Waals surface area (Å²) >= 11 is 0. The number of amides is 1. The zero-order valence-electron chi connectivity index (χ0n) is 10.9. The first kappa shape index (κ1) is 12.8. The van der Waals surface area contributed by atoms with Crippen molar-refractivity contribution in [3.05, 3.63) is 0 Å². The quantitative estimate of drug-likeness (QED) is 0.741. The van der Waals surface area contributed by atoms with E-state index < -0.39 is 0 Å². The van der Waals surface area contributed by atoms with Crippen molar-refractivity contribution < 1.29 is 4.79 Å². The van der Waals surface area contributed by atoms with Crippen molar-refractivity contribution in [3.8, 4) is 0 Å². The van der Waals surface area contributed by atoms with Gasteiger partial charge in [0, 0.05) is 32.6 Å². The van der Waals surface area contributed by atoms with E-state index in [9.17, 15) is 4.79 Å². The predicted molar refractivity (Wildman–Crippen MR) is 68.6 cm³/mol. The molecular formula is C13H25N3O. The van der Waals surface area contributed by atoms with Crippen molar-refractivity contribution in [2.45, 2.75) is 38.1 Å². The summed E-state index contributed by atoms with van der Waals surface area (Å²) in [5.74, 6) is 0.828. The van der Waals surface area contributed by atoms with Crippen LogP contribution in [0.2, 0.25) is 0 Å². The van der Waals surface area contributed by atoms with Gasteiger partial charge < -0.3 is 15.5 Å². The van der Waals surface area contributed by atoms with E-state index in [4.69, 9.17) is 5.73 Å². The molecule has 0 aromatic heterocycles. The van der Waals surface area contributed by atoms with Crippen LogP contribution >= 0.6 is 0 Å². The smallest absolute Gasteiger partial charge is 0.223 e. The van der Waals surface area contributed by atoms with E-state index in [-0.39, 0.29) is 11.9 Å². The second-order valence-corrected chi connectivity index (χ2v) is 5.57. The Balaban J connectivity index is 1.63. The van der Waals surface area contributed by atoms with Gasteiger partial charge in [-0.1, -0.05) is 0 Å². The van der Waals surface area contributed by atoms with Gasteiger partial charge in [0.2, 0.25) is 5.91 Å². The molecule has 0 spiro atoms. The molecule has 4 nitrogen and oxygen atoms in total. The van der Waals surface area contributed by atoms with Crippen LogP contribution in [-0.4, -0.2) is 55.0 Å². The van der Waals surface area contributed by atoms with Crippen LogP contribution < -0.4 is 5.73 Å². The van der Waals surface area contributed by atoms with Crippen LogP contribution in [0.3, 0.4) is 0 Å². The van der Waals surface area contributed by atoms with Crippen LogP contribution in [0.1, 0.15) is 32.1 Å². The summed E-state index contributed by atoms with van der Waals surface area (Å²) in [4.78, 5) is 16.2. The number of likely N-dealkylation sites (tertiary alicyclic amines) is 1. The highest BCUT2D eigenvalue weighted by atomic mass is 16.2. The zero-order chi connectivity index (χ0) is 12.3. The molecular weight excluding hydrogens is 214 g/mol. The third-order valence-corrected chi connectivity index (χ3v) is 4.01. The summed E-state index contributed by atoms with van der Waals surface area (Å²) < 4.78 is 0. The highest BCUT2D eigenvalue weighted by molar-refractivity contribution is 5.76. The molecule has 1 aliphatic heterocycles. The Morgan fingerprint density at radius 3 is 2.65 bits per heavy atom. The number of likely N-dealkylation sites (N-methyl/N-ethyl adjacent to an activating group) is 1. The second-order valence-electron chi connectivity index (χ2n) is 5.57. The van der Waals surface area contributed by atoms with Gasteiger partial charge in [0.25, 0.3) is 0 Å². The monoisotopic (exact) mass is 239 g/mol. The van der Waals surface area contributed by atoms with Gasteiger partial charge in [-0.2, -0.15) is 0 Å². The van der Waals surface area contributed by atoms with E-state index in [1.165, 1.54) is 38.8 Å². The first-order valence-electron chi connectivity index (χ1n) is 6.88. The lowest BCUT2D eigenvalue weighted by molar-refractivity contribution is -0.130. The van der Waals surface area contributed by atoms with E-state index in [0.29, 0.717) is 12.3 Å². The highest BCUT2D eigenvalue weighted by Gasteiger charge is 2.30. The van der Waals surface area contributed by atoms with Crippen molar-refractivity contribution in [1.29, 1.82) is 0 Å². The first-order chi connectivity index (χ1) is 8.16. The first-order valence-corrected chi connectivity index (χ1v) is 6.88. The summed E-state index contributed by atoms with van der Waals surface area (Å²) in [5.41, 5.74) is 5.98. The minimum absolute atomic E-state index is 0.0942. The van der Waals surface area contributed by atoms with Gasteiger partial charge >= 0.3 is 0 Å². The molecule has 1 amide bonds. The van der Waals surface area contributed by atoms with Crippen LogP contribution in [0, 0.1) is 5.92 Å².